The lowest BCUT2D eigenvalue weighted by Crippen LogP contribution is -2.21. The first-order chi connectivity index (χ1) is 8.18. The molecule has 0 spiro atoms. The number of hydrogen-bond acceptors (Lipinski definition) is 4. The zero-order chi connectivity index (χ0) is 14.3. The standard InChI is InChI=1S/C7H4N2O2.C2HF3O2/c8-3-5-1-2-6(7(10)11)9-4-5;3-2(4,5)1(6)7/h1-2,4H,(H,10,11);(H,6,7). The van der Waals surface area contributed by atoms with Gasteiger partial charge in [-0.3, -0.25) is 0 Å². The van der Waals surface area contributed by atoms with E-state index in [2.05, 4.69) is 4.98 Å². The molecule has 9 heteroatoms. The normalized spacial score (nSPS) is 9.67. The molecule has 96 valence electrons. The van der Waals surface area contributed by atoms with E-state index in [1.54, 1.807) is 0 Å². The molecule has 0 aliphatic heterocycles. The summed E-state index contributed by atoms with van der Waals surface area (Å²) in [5.74, 6) is -3.85. The molecule has 6 nitrogen and oxygen atoms in total. The lowest BCUT2D eigenvalue weighted by Gasteiger charge is -1.93. The number of nitrogens with zero attached hydrogens (tertiary/aromatic N) is 2. The van der Waals surface area contributed by atoms with Gasteiger partial charge in [-0.15, -0.1) is 0 Å². The van der Waals surface area contributed by atoms with E-state index in [-0.39, 0.29) is 5.69 Å². The summed E-state index contributed by atoms with van der Waals surface area (Å²) >= 11 is 0. The molecule has 0 unspecified atom stereocenters. The van der Waals surface area contributed by atoms with Crippen LogP contribution in [0.3, 0.4) is 0 Å². The predicted molar refractivity (Wildman–Crippen MR) is 49.6 cm³/mol. The van der Waals surface area contributed by atoms with Crippen LogP contribution < -0.4 is 0 Å². The molecule has 0 aliphatic rings. The van der Waals surface area contributed by atoms with E-state index in [1.165, 1.54) is 18.3 Å². The van der Waals surface area contributed by atoms with Crippen molar-refractivity contribution in [2.75, 3.05) is 0 Å². The second-order valence-electron chi connectivity index (χ2n) is 2.65. The molecular weight excluding hydrogens is 257 g/mol. The van der Waals surface area contributed by atoms with Gasteiger partial charge in [0.2, 0.25) is 0 Å². The van der Waals surface area contributed by atoms with Gasteiger partial charge in [0.05, 0.1) is 5.56 Å². The van der Waals surface area contributed by atoms with E-state index in [1.807, 2.05) is 6.07 Å². The minimum Gasteiger partial charge on any atom is -0.477 e. The first kappa shape index (κ1) is 15.4. The molecule has 0 amide bonds. The van der Waals surface area contributed by atoms with Crippen molar-refractivity contribution in [3.8, 4) is 6.07 Å². The molecule has 0 atom stereocenters. The van der Waals surface area contributed by atoms with Crippen LogP contribution >= 0.6 is 0 Å². The fourth-order valence-corrected chi connectivity index (χ4v) is 0.587. The third kappa shape index (κ3) is 5.45. The van der Waals surface area contributed by atoms with Crippen molar-refractivity contribution in [2.45, 2.75) is 6.18 Å². The summed E-state index contributed by atoms with van der Waals surface area (Å²) in [7, 11) is 0. The van der Waals surface area contributed by atoms with Gasteiger partial charge in [-0.05, 0) is 12.1 Å². The predicted octanol–water partition coefficient (Wildman–Crippen LogP) is 1.28. The Labute approximate surface area is 97.9 Å². The highest BCUT2D eigenvalue weighted by atomic mass is 19.4. The maximum atomic E-state index is 10.6. The summed E-state index contributed by atoms with van der Waals surface area (Å²) in [6.07, 6.45) is -3.86. The van der Waals surface area contributed by atoms with Gasteiger partial charge in [-0.2, -0.15) is 18.4 Å². The molecule has 18 heavy (non-hydrogen) atoms. The third-order valence-electron chi connectivity index (χ3n) is 1.35. The van der Waals surface area contributed by atoms with Gasteiger partial charge in [-0.1, -0.05) is 0 Å². The molecule has 0 aromatic carbocycles. The van der Waals surface area contributed by atoms with Crippen LogP contribution in [0, 0.1) is 11.3 Å². The molecule has 0 saturated carbocycles. The van der Waals surface area contributed by atoms with Crippen LogP contribution in [-0.4, -0.2) is 33.3 Å². The number of carboxylic acid groups (broad SMARTS) is 2. The molecule has 0 saturated heterocycles. The highest BCUT2D eigenvalue weighted by Gasteiger charge is 2.38. The Kier molecular flexibility index (Phi) is 5.29. The Morgan fingerprint density at radius 1 is 1.28 bits per heavy atom. The Morgan fingerprint density at radius 2 is 1.78 bits per heavy atom. The number of nitriles is 1. The van der Waals surface area contributed by atoms with E-state index < -0.39 is 18.1 Å². The van der Waals surface area contributed by atoms with E-state index in [0.29, 0.717) is 5.56 Å². The Balaban J connectivity index is 0.000000360. The smallest absolute Gasteiger partial charge is 0.477 e. The highest BCUT2D eigenvalue weighted by Crippen LogP contribution is 2.13. The topological polar surface area (TPSA) is 111 Å². The fraction of sp³-hybridized carbons (Fsp3) is 0.111. The average Bonchev–Trinajstić information content (AvgIpc) is 2.28. The molecule has 0 aliphatic carbocycles. The first-order valence-corrected chi connectivity index (χ1v) is 4.08. The van der Waals surface area contributed by atoms with Crippen molar-refractivity contribution in [1.82, 2.24) is 4.98 Å². The van der Waals surface area contributed by atoms with Crippen molar-refractivity contribution in [3.63, 3.8) is 0 Å². The number of halogens is 3. The van der Waals surface area contributed by atoms with Gasteiger partial charge in [0.15, 0.2) is 0 Å². The van der Waals surface area contributed by atoms with Crippen LogP contribution in [0.2, 0.25) is 0 Å². The molecule has 1 aromatic heterocycles. The van der Waals surface area contributed by atoms with E-state index in [0.717, 1.165) is 0 Å². The molecule has 1 rings (SSSR count). The first-order valence-electron chi connectivity index (χ1n) is 4.08. The second-order valence-corrected chi connectivity index (χ2v) is 2.65. The summed E-state index contributed by atoms with van der Waals surface area (Å²) in [5, 5.41) is 23.9. The van der Waals surface area contributed by atoms with Crippen molar-refractivity contribution in [2.24, 2.45) is 0 Å². The molecule has 2 N–H and O–H groups in total. The number of carboxylic acids is 2. The van der Waals surface area contributed by atoms with E-state index in [9.17, 15) is 18.0 Å². The lowest BCUT2D eigenvalue weighted by atomic mass is 10.3. The quantitative estimate of drug-likeness (QED) is 0.788. The Bertz CT molecular complexity index is 476. The zero-order valence-corrected chi connectivity index (χ0v) is 8.47. The third-order valence-corrected chi connectivity index (χ3v) is 1.35. The SMILES string of the molecule is N#Cc1ccc(C(=O)O)nc1.O=C(O)C(F)(F)F. The van der Waals surface area contributed by atoms with Crippen molar-refractivity contribution in [1.29, 1.82) is 5.26 Å². The van der Waals surface area contributed by atoms with Crippen LogP contribution in [-0.2, 0) is 4.79 Å². The summed E-state index contributed by atoms with van der Waals surface area (Å²) < 4.78 is 31.7. The van der Waals surface area contributed by atoms with Crippen molar-refractivity contribution < 1.29 is 33.0 Å². The average molecular weight is 262 g/mol. The minimum absolute atomic E-state index is 0.0519. The number of aromatic nitrogens is 1. The van der Waals surface area contributed by atoms with Gasteiger partial charge in [0.25, 0.3) is 0 Å². The zero-order valence-electron chi connectivity index (χ0n) is 8.47. The number of hydrogen-bond donors (Lipinski definition) is 2. The van der Waals surface area contributed by atoms with Crippen molar-refractivity contribution in [3.05, 3.63) is 29.6 Å². The molecule has 1 aromatic rings. The van der Waals surface area contributed by atoms with Gasteiger partial charge in [-0.25, -0.2) is 14.6 Å². The van der Waals surface area contributed by atoms with Crippen LogP contribution in [0.5, 0.6) is 0 Å². The molecule has 0 radical (unpaired) electrons. The Hall–Kier alpha value is -2.63. The van der Waals surface area contributed by atoms with Crippen LogP contribution in [0.15, 0.2) is 18.3 Å². The maximum Gasteiger partial charge on any atom is 0.490 e. The van der Waals surface area contributed by atoms with Crippen LogP contribution in [0.25, 0.3) is 0 Å². The van der Waals surface area contributed by atoms with Gasteiger partial charge >= 0.3 is 18.1 Å². The number of alkyl halides is 3. The summed E-state index contributed by atoms with van der Waals surface area (Å²) in [4.78, 5) is 22.7. The molecule has 0 fully saturated rings. The summed E-state index contributed by atoms with van der Waals surface area (Å²) in [5.41, 5.74) is 0.305. The minimum atomic E-state index is -5.08. The molecule has 1 heterocycles. The van der Waals surface area contributed by atoms with E-state index in [4.69, 9.17) is 20.3 Å². The largest absolute Gasteiger partial charge is 0.490 e. The molecular formula is C9H5F3N2O4. The van der Waals surface area contributed by atoms with Crippen LogP contribution in [0.1, 0.15) is 16.1 Å². The molecule has 0 bridgehead atoms. The highest BCUT2D eigenvalue weighted by molar-refractivity contribution is 5.85. The number of carbonyl (C=O) groups is 2. The Morgan fingerprint density at radius 3 is 2.00 bits per heavy atom. The van der Waals surface area contributed by atoms with Gasteiger partial charge in [0.1, 0.15) is 11.8 Å². The second kappa shape index (κ2) is 6.19. The summed E-state index contributed by atoms with van der Waals surface area (Å²) in [6, 6.07) is 4.54. The number of pyridine rings is 1. The monoisotopic (exact) mass is 262 g/mol. The van der Waals surface area contributed by atoms with E-state index >= 15 is 0 Å². The maximum absolute atomic E-state index is 10.6. The fourth-order valence-electron chi connectivity index (χ4n) is 0.587. The number of aromatic carboxylic acids is 1. The summed E-state index contributed by atoms with van der Waals surface area (Å²) in [6.45, 7) is 0. The van der Waals surface area contributed by atoms with Gasteiger partial charge in [0, 0.05) is 6.20 Å². The van der Waals surface area contributed by atoms with Crippen LogP contribution in [0.4, 0.5) is 13.2 Å². The van der Waals surface area contributed by atoms with Gasteiger partial charge < -0.3 is 10.2 Å². The lowest BCUT2D eigenvalue weighted by molar-refractivity contribution is -0.192. The number of aliphatic carboxylic acids is 1. The number of rotatable bonds is 1. The van der Waals surface area contributed by atoms with Crippen molar-refractivity contribution >= 4 is 11.9 Å².